The maximum atomic E-state index is 12.9. The molecule has 2 aliphatic rings. The highest BCUT2D eigenvalue weighted by molar-refractivity contribution is 7.99. The van der Waals surface area contributed by atoms with Crippen LogP contribution in [0.5, 0.6) is 5.75 Å². The van der Waals surface area contributed by atoms with Crippen molar-refractivity contribution in [2.75, 3.05) is 35.2 Å². The maximum absolute atomic E-state index is 12.9. The summed E-state index contributed by atoms with van der Waals surface area (Å²) in [5.74, 6) is 1.23. The van der Waals surface area contributed by atoms with Gasteiger partial charge in [-0.05, 0) is 24.3 Å². The van der Waals surface area contributed by atoms with E-state index in [1.165, 1.54) is 4.90 Å². The fourth-order valence-electron chi connectivity index (χ4n) is 2.98. The lowest BCUT2D eigenvalue weighted by Crippen LogP contribution is -2.47. The van der Waals surface area contributed by atoms with Gasteiger partial charge in [0, 0.05) is 17.2 Å². The highest BCUT2D eigenvalue weighted by Gasteiger charge is 2.30. The molecule has 0 N–H and O–H groups in total. The number of fused-ring (bicyclic) bond motifs is 2. The smallest absolute Gasteiger partial charge is 0.265 e. The molecule has 122 valence electrons. The van der Waals surface area contributed by atoms with Gasteiger partial charge in [-0.1, -0.05) is 24.3 Å². The molecule has 0 aliphatic carbocycles. The van der Waals surface area contributed by atoms with Crippen LogP contribution in [-0.4, -0.2) is 37.3 Å². The summed E-state index contributed by atoms with van der Waals surface area (Å²) in [6.07, 6.45) is 0. The number of benzene rings is 2. The second kappa shape index (κ2) is 6.20. The van der Waals surface area contributed by atoms with Crippen LogP contribution < -0.4 is 14.5 Å². The average molecular weight is 340 g/mol. The molecule has 0 spiro atoms. The van der Waals surface area contributed by atoms with E-state index in [0.29, 0.717) is 18.0 Å². The minimum absolute atomic E-state index is 0.0260. The number of carbonyl (C=O) groups excluding carboxylic acids is 2. The van der Waals surface area contributed by atoms with Gasteiger partial charge in [-0.15, -0.1) is 11.8 Å². The number of nitrogens with zero attached hydrogens (tertiary/aromatic N) is 2. The van der Waals surface area contributed by atoms with Crippen molar-refractivity contribution >= 4 is 35.0 Å². The highest BCUT2D eigenvalue weighted by atomic mass is 32.2. The molecule has 2 aromatic rings. The zero-order valence-electron chi connectivity index (χ0n) is 13.0. The molecule has 0 bridgehead atoms. The third-order valence-corrected chi connectivity index (χ3v) is 5.17. The zero-order valence-corrected chi connectivity index (χ0v) is 13.8. The number of para-hydroxylation sites is 3. The van der Waals surface area contributed by atoms with Gasteiger partial charge in [0.1, 0.15) is 12.3 Å². The number of anilines is 2. The molecule has 0 saturated heterocycles. The number of carbonyl (C=O) groups is 2. The van der Waals surface area contributed by atoms with E-state index in [1.54, 1.807) is 22.7 Å². The number of amides is 2. The van der Waals surface area contributed by atoms with Crippen LogP contribution >= 0.6 is 11.8 Å². The van der Waals surface area contributed by atoms with Gasteiger partial charge in [-0.25, -0.2) is 0 Å². The van der Waals surface area contributed by atoms with Gasteiger partial charge in [-0.3, -0.25) is 14.5 Å². The van der Waals surface area contributed by atoms with Gasteiger partial charge >= 0.3 is 0 Å². The monoisotopic (exact) mass is 340 g/mol. The zero-order chi connectivity index (χ0) is 16.5. The molecule has 2 aliphatic heterocycles. The molecular weight excluding hydrogens is 324 g/mol. The molecule has 0 radical (unpaired) electrons. The summed E-state index contributed by atoms with van der Waals surface area (Å²) >= 11 is 1.75. The Bertz CT molecular complexity index is 808. The number of ether oxygens (including phenoxy) is 1. The van der Waals surface area contributed by atoms with Crippen LogP contribution in [0.3, 0.4) is 0 Å². The van der Waals surface area contributed by atoms with Crippen molar-refractivity contribution in [2.45, 2.75) is 4.90 Å². The second-order valence-corrected chi connectivity index (χ2v) is 6.73. The van der Waals surface area contributed by atoms with Crippen molar-refractivity contribution in [1.82, 2.24) is 0 Å². The summed E-state index contributed by atoms with van der Waals surface area (Å²) in [4.78, 5) is 29.5. The van der Waals surface area contributed by atoms with Crippen molar-refractivity contribution in [3.05, 3.63) is 48.5 Å². The quantitative estimate of drug-likeness (QED) is 0.843. The van der Waals surface area contributed by atoms with Crippen LogP contribution in [0.2, 0.25) is 0 Å². The minimum Gasteiger partial charge on any atom is -0.482 e. The van der Waals surface area contributed by atoms with E-state index < -0.39 is 0 Å². The summed E-state index contributed by atoms with van der Waals surface area (Å²) in [7, 11) is 0. The number of thioether (sulfide) groups is 1. The number of rotatable bonds is 2. The minimum atomic E-state index is -0.193. The molecule has 0 atom stereocenters. The van der Waals surface area contributed by atoms with E-state index >= 15 is 0 Å². The van der Waals surface area contributed by atoms with Crippen molar-refractivity contribution in [3.8, 4) is 5.75 Å². The Balaban J connectivity index is 1.60. The lowest BCUT2D eigenvalue weighted by atomic mass is 10.2. The van der Waals surface area contributed by atoms with Crippen molar-refractivity contribution in [2.24, 2.45) is 0 Å². The SMILES string of the molecule is O=C1COc2ccccc2N1CC(=O)N1CCSc2ccccc21. The fraction of sp³-hybridized carbons (Fsp3) is 0.222. The predicted octanol–water partition coefficient (Wildman–Crippen LogP) is 2.55. The van der Waals surface area contributed by atoms with Gasteiger partial charge in [0.25, 0.3) is 5.91 Å². The lowest BCUT2D eigenvalue weighted by molar-refractivity contribution is -0.124. The molecular formula is C18H16N2O3S. The molecule has 4 rings (SSSR count). The van der Waals surface area contributed by atoms with Gasteiger partial charge in [0.15, 0.2) is 6.61 Å². The largest absolute Gasteiger partial charge is 0.482 e. The molecule has 2 heterocycles. The van der Waals surface area contributed by atoms with E-state index in [-0.39, 0.29) is 25.0 Å². The lowest BCUT2D eigenvalue weighted by Gasteiger charge is -2.33. The standard InChI is InChI=1S/C18H16N2O3S/c21-17(19-9-10-24-16-8-4-2-6-14(16)19)11-20-13-5-1-3-7-15(13)23-12-18(20)22/h1-8H,9-12H2. The highest BCUT2D eigenvalue weighted by Crippen LogP contribution is 2.35. The molecule has 2 aromatic carbocycles. The normalized spacial score (nSPS) is 16.2. The van der Waals surface area contributed by atoms with Crippen LogP contribution in [0, 0.1) is 0 Å². The third kappa shape index (κ3) is 2.63. The molecule has 0 unspecified atom stereocenters. The van der Waals surface area contributed by atoms with E-state index in [4.69, 9.17) is 4.74 Å². The predicted molar refractivity (Wildman–Crippen MR) is 93.8 cm³/mol. The summed E-state index contributed by atoms with van der Waals surface area (Å²) in [5.41, 5.74) is 1.58. The van der Waals surface area contributed by atoms with Gasteiger partial charge < -0.3 is 9.64 Å². The fourth-order valence-corrected chi connectivity index (χ4v) is 3.97. The molecule has 0 fully saturated rings. The van der Waals surface area contributed by atoms with Crippen LogP contribution in [0.25, 0.3) is 0 Å². The Morgan fingerprint density at radius 1 is 1.08 bits per heavy atom. The van der Waals surface area contributed by atoms with E-state index in [1.807, 2.05) is 42.5 Å². The van der Waals surface area contributed by atoms with Crippen LogP contribution in [0.4, 0.5) is 11.4 Å². The number of hydrogen-bond donors (Lipinski definition) is 0. The Kier molecular flexibility index (Phi) is 3.90. The molecule has 0 saturated carbocycles. The van der Waals surface area contributed by atoms with Crippen molar-refractivity contribution in [1.29, 1.82) is 0 Å². The molecule has 2 amide bonds. The Labute approximate surface area is 144 Å². The first-order chi connectivity index (χ1) is 11.7. The first kappa shape index (κ1) is 15.1. The van der Waals surface area contributed by atoms with Crippen LogP contribution in [0.15, 0.2) is 53.4 Å². The topological polar surface area (TPSA) is 49.9 Å². The second-order valence-electron chi connectivity index (χ2n) is 5.60. The number of hydrogen-bond acceptors (Lipinski definition) is 4. The summed E-state index contributed by atoms with van der Waals surface area (Å²) in [6, 6.07) is 15.2. The summed E-state index contributed by atoms with van der Waals surface area (Å²) in [6.45, 7) is 0.648. The molecule has 24 heavy (non-hydrogen) atoms. The molecule has 0 aromatic heterocycles. The third-order valence-electron chi connectivity index (χ3n) is 4.13. The molecule has 6 heteroatoms. The van der Waals surface area contributed by atoms with Crippen molar-refractivity contribution < 1.29 is 14.3 Å². The van der Waals surface area contributed by atoms with E-state index in [9.17, 15) is 9.59 Å². The summed E-state index contributed by atoms with van der Waals surface area (Å²) in [5, 5.41) is 0. The van der Waals surface area contributed by atoms with Gasteiger partial charge in [-0.2, -0.15) is 0 Å². The first-order valence-electron chi connectivity index (χ1n) is 7.78. The Morgan fingerprint density at radius 3 is 2.71 bits per heavy atom. The Hall–Kier alpha value is -2.47. The average Bonchev–Trinajstić information content (AvgIpc) is 2.63. The van der Waals surface area contributed by atoms with Gasteiger partial charge in [0.05, 0.1) is 11.4 Å². The Morgan fingerprint density at radius 2 is 1.83 bits per heavy atom. The van der Waals surface area contributed by atoms with Gasteiger partial charge in [0.2, 0.25) is 5.91 Å². The van der Waals surface area contributed by atoms with Crippen LogP contribution in [0.1, 0.15) is 0 Å². The van der Waals surface area contributed by atoms with E-state index in [2.05, 4.69) is 0 Å². The summed E-state index contributed by atoms with van der Waals surface area (Å²) < 4.78 is 5.43. The van der Waals surface area contributed by atoms with Crippen LogP contribution in [-0.2, 0) is 9.59 Å². The molecule has 5 nitrogen and oxygen atoms in total. The van der Waals surface area contributed by atoms with E-state index in [0.717, 1.165) is 16.3 Å². The first-order valence-corrected chi connectivity index (χ1v) is 8.77. The maximum Gasteiger partial charge on any atom is 0.265 e. The van der Waals surface area contributed by atoms with Crippen molar-refractivity contribution in [3.63, 3.8) is 0 Å².